The van der Waals surface area contributed by atoms with Crippen molar-refractivity contribution in [3.63, 3.8) is 0 Å². The fraction of sp³-hybridized carbons (Fsp3) is 0.459. The van der Waals surface area contributed by atoms with Gasteiger partial charge in [-0.1, -0.05) is 102 Å². The molecule has 258 valence electrons. The van der Waals surface area contributed by atoms with E-state index in [-0.39, 0.29) is 43.3 Å². The van der Waals surface area contributed by atoms with E-state index < -0.39 is 21.6 Å². The number of rotatable bonds is 9. The molecule has 2 heterocycles. The maximum atomic E-state index is 13.2. The number of alkyl halides is 3. The Balaban J connectivity index is 1.40. The number of likely N-dealkylation sites (tertiary alicyclic amines) is 1. The van der Waals surface area contributed by atoms with Crippen molar-refractivity contribution in [1.82, 2.24) is 10.2 Å². The minimum absolute atomic E-state index is 0.0377. The number of carbonyl (C=O) groups is 2. The van der Waals surface area contributed by atoms with Crippen LogP contribution in [0.1, 0.15) is 75.2 Å². The minimum Gasteiger partial charge on any atom is -0.459 e. The summed E-state index contributed by atoms with van der Waals surface area (Å²) >= 11 is 17.1. The van der Waals surface area contributed by atoms with Gasteiger partial charge in [0.2, 0.25) is 0 Å². The van der Waals surface area contributed by atoms with E-state index in [1.807, 2.05) is 93.6 Å². The van der Waals surface area contributed by atoms with E-state index in [0.29, 0.717) is 6.54 Å². The van der Waals surface area contributed by atoms with Gasteiger partial charge in [0, 0.05) is 24.6 Å². The van der Waals surface area contributed by atoms with Crippen molar-refractivity contribution < 1.29 is 28.9 Å². The SMILES string of the molecule is CC1C(CN2CCCC2C(=O)OC(C)(C)C)OC(c2cccc(-c3cccc(CNC(=O)C(Cl)(Cl)Cl)c3)c2)OC1c1ccc(CO)cc1. The Morgan fingerprint density at radius 3 is 2.29 bits per heavy atom. The molecule has 1 amide bonds. The number of amides is 1. The van der Waals surface area contributed by atoms with Gasteiger partial charge in [-0.25, -0.2) is 0 Å². The van der Waals surface area contributed by atoms with Crippen molar-refractivity contribution in [2.24, 2.45) is 5.92 Å². The van der Waals surface area contributed by atoms with E-state index in [9.17, 15) is 14.7 Å². The molecular formula is C37H43Cl3N2O6. The van der Waals surface area contributed by atoms with Crippen molar-refractivity contribution in [2.45, 2.75) is 87.6 Å². The Morgan fingerprint density at radius 1 is 0.938 bits per heavy atom. The zero-order chi connectivity index (χ0) is 34.6. The van der Waals surface area contributed by atoms with Gasteiger partial charge in [-0.15, -0.1) is 0 Å². The van der Waals surface area contributed by atoms with Crippen molar-refractivity contribution in [1.29, 1.82) is 0 Å². The summed E-state index contributed by atoms with van der Waals surface area (Å²) in [5, 5.41) is 12.3. The molecule has 3 aromatic carbocycles. The average molecular weight is 718 g/mol. The number of hydrogen-bond donors (Lipinski definition) is 2. The number of aliphatic hydroxyl groups excluding tert-OH is 1. The Morgan fingerprint density at radius 2 is 1.62 bits per heavy atom. The standard InChI is InChI=1S/C37H43Cl3N2O6/c1-23-31(21-42-17-7-12-30(42)33(44)48-36(2,3)4)46-34(47-32(23)26-15-13-24(22-43)14-16-26)29-11-6-10-28(19-29)27-9-5-8-25(18-27)20-41-35(45)37(38,39)40/h5-6,8-11,13-16,18-19,23,30-32,34,43H,7,12,17,20-22H2,1-4H3,(H,41,45). The summed E-state index contributed by atoms with van der Waals surface area (Å²) in [5.41, 5.74) is 4.82. The molecule has 2 fully saturated rings. The van der Waals surface area contributed by atoms with Crippen LogP contribution in [0.15, 0.2) is 72.8 Å². The topological polar surface area (TPSA) is 97.3 Å². The van der Waals surface area contributed by atoms with E-state index in [0.717, 1.165) is 52.8 Å². The molecule has 2 saturated heterocycles. The van der Waals surface area contributed by atoms with Crippen LogP contribution in [0.3, 0.4) is 0 Å². The third-order valence-corrected chi connectivity index (χ3v) is 9.22. The number of hydrogen-bond acceptors (Lipinski definition) is 7. The molecule has 2 N–H and O–H groups in total. The van der Waals surface area contributed by atoms with Crippen molar-refractivity contribution in [2.75, 3.05) is 13.1 Å². The molecule has 0 aliphatic carbocycles. The van der Waals surface area contributed by atoms with Gasteiger partial charge < -0.3 is 24.6 Å². The van der Waals surface area contributed by atoms with Crippen molar-refractivity contribution >= 4 is 46.7 Å². The number of ether oxygens (including phenoxy) is 3. The molecule has 0 radical (unpaired) electrons. The average Bonchev–Trinajstić information content (AvgIpc) is 3.52. The first-order valence-corrected chi connectivity index (χ1v) is 17.4. The first-order valence-electron chi connectivity index (χ1n) is 16.2. The maximum Gasteiger partial charge on any atom is 0.323 e. The molecule has 3 aromatic rings. The summed E-state index contributed by atoms with van der Waals surface area (Å²) in [7, 11) is 0. The quantitative estimate of drug-likeness (QED) is 0.176. The highest BCUT2D eigenvalue weighted by molar-refractivity contribution is 6.76. The number of nitrogens with one attached hydrogen (secondary N) is 1. The molecule has 8 nitrogen and oxygen atoms in total. The van der Waals surface area contributed by atoms with E-state index in [1.54, 1.807) is 0 Å². The molecule has 11 heteroatoms. The molecule has 0 aromatic heterocycles. The summed E-state index contributed by atoms with van der Waals surface area (Å²) in [4.78, 5) is 27.4. The number of halogens is 3. The van der Waals surface area contributed by atoms with Crippen LogP contribution in [0.2, 0.25) is 0 Å². The number of carbonyl (C=O) groups excluding carboxylic acids is 2. The largest absolute Gasteiger partial charge is 0.459 e. The van der Waals surface area contributed by atoms with E-state index in [1.165, 1.54) is 0 Å². The van der Waals surface area contributed by atoms with Crippen molar-refractivity contribution in [3.05, 3.63) is 95.1 Å². The predicted octanol–water partition coefficient (Wildman–Crippen LogP) is 7.43. The van der Waals surface area contributed by atoms with Gasteiger partial charge in [0.1, 0.15) is 11.6 Å². The van der Waals surface area contributed by atoms with E-state index in [4.69, 9.17) is 49.0 Å². The molecule has 0 saturated carbocycles. The fourth-order valence-corrected chi connectivity index (χ4v) is 6.45. The van der Waals surface area contributed by atoms with Gasteiger partial charge in [-0.05, 0) is 80.1 Å². The Kier molecular flexibility index (Phi) is 11.8. The first kappa shape index (κ1) is 36.6. The molecule has 5 unspecified atom stereocenters. The molecule has 2 aliphatic rings. The third-order valence-electron chi connectivity index (χ3n) is 8.71. The number of aliphatic hydroxyl groups is 1. The lowest BCUT2D eigenvalue weighted by molar-refractivity contribution is -0.276. The first-order chi connectivity index (χ1) is 22.7. The predicted molar refractivity (Wildman–Crippen MR) is 187 cm³/mol. The summed E-state index contributed by atoms with van der Waals surface area (Å²) in [6.45, 7) is 9.28. The maximum absolute atomic E-state index is 13.2. The van der Waals surface area contributed by atoms with Crippen LogP contribution in [0.25, 0.3) is 11.1 Å². The normalized spacial score (nSPS) is 23.5. The highest BCUT2D eigenvalue weighted by Gasteiger charge is 2.42. The summed E-state index contributed by atoms with van der Waals surface area (Å²) in [6.07, 6.45) is 0.437. The van der Waals surface area contributed by atoms with Gasteiger partial charge >= 0.3 is 5.97 Å². The van der Waals surface area contributed by atoms with Gasteiger partial charge in [-0.2, -0.15) is 0 Å². The monoisotopic (exact) mass is 716 g/mol. The third kappa shape index (κ3) is 9.30. The number of benzene rings is 3. The molecule has 5 rings (SSSR count). The summed E-state index contributed by atoms with van der Waals surface area (Å²) < 4.78 is 17.2. The minimum atomic E-state index is -2.04. The number of nitrogens with zero attached hydrogens (tertiary/aromatic N) is 1. The van der Waals surface area contributed by atoms with Crippen LogP contribution in [-0.2, 0) is 37.0 Å². The zero-order valence-electron chi connectivity index (χ0n) is 27.6. The smallest absolute Gasteiger partial charge is 0.323 e. The summed E-state index contributed by atoms with van der Waals surface area (Å²) in [5.74, 6) is -0.930. The second kappa shape index (κ2) is 15.5. The lowest BCUT2D eigenvalue weighted by atomic mass is 9.89. The number of esters is 1. The Hall–Kier alpha value is -2.69. The van der Waals surface area contributed by atoms with Crippen LogP contribution in [0.4, 0.5) is 0 Å². The zero-order valence-corrected chi connectivity index (χ0v) is 29.9. The molecule has 0 bridgehead atoms. The molecular weight excluding hydrogens is 675 g/mol. The fourth-order valence-electron chi connectivity index (χ4n) is 6.25. The van der Waals surface area contributed by atoms with Crippen molar-refractivity contribution in [3.8, 4) is 11.1 Å². The van der Waals surface area contributed by atoms with E-state index >= 15 is 0 Å². The second-order valence-electron chi connectivity index (χ2n) is 13.5. The Bertz CT molecular complexity index is 1570. The lowest BCUT2D eigenvalue weighted by Gasteiger charge is -2.43. The van der Waals surface area contributed by atoms with Crippen LogP contribution in [0, 0.1) is 5.92 Å². The van der Waals surface area contributed by atoms with E-state index in [2.05, 4.69) is 17.1 Å². The van der Waals surface area contributed by atoms with Gasteiger partial charge in [-0.3, -0.25) is 14.5 Å². The van der Waals surface area contributed by atoms with Gasteiger partial charge in [0.05, 0.1) is 18.8 Å². The van der Waals surface area contributed by atoms with Crippen LogP contribution in [-0.4, -0.2) is 56.5 Å². The van der Waals surface area contributed by atoms with Crippen LogP contribution in [0.5, 0.6) is 0 Å². The highest BCUT2D eigenvalue weighted by atomic mass is 35.6. The van der Waals surface area contributed by atoms with Crippen LogP contribution < -0.4 is 5.32 Å². The van der Waals surface area contributed by atoms with Gasteiger partial charge in [0.25, 0.3) is 9.70 Å². The second-order valence-corrected chi connectivity index (χ2v) is 15.8. The van der Waals surface area contributed by atoms with Gasteiger partial charge in [0.15, 0.2) is 6.29 Å². The molecule has 48 heavy (non-hydrogen) atoms. The highest BCUT2D eigenvalue weighted by Crippen LogP contribution is 2.43. The Labute approximate surface area is 297 Å². The van der Waals surface area contributed by atoms with Crippen LogP contribution >= 0.6 is 34.8 Å². The molecule has 0 spiro atoms. The molecule has 2 aliphatic heterocycles. The molecule has 5 atom stereocenters. The lowest BCUT2D eigenvalue weighted by Crippen LogP contribution is -2.48. The summed E-state index contributed by atoms with van der Waals surface area (Å²) in [6, 6.07) is 23.2.